The van der Waals surface area contributed by atoms with Gasteiger partial charge in [-0.1, -0.05) is 18.2 Å². The molecule has 3 aliphatic rings. The first-order valence-corrected chi connectivity index (χ1v) is 7.64. The standard InChI is InChI=1S/C17H19NO3/c1-8-4-3-5-9(2)15(8)18-16(19)13-10-6-11-12(7-10)21-17(20)14(11)13/h3-5,10-14H,6-7H2,1-2H3,(H,18,19)/t10-,11-,12-,13-,14+/m1/s1. The molecule has 4 heteroatoms. The smallest absolute Gasteiger partial charge is 0.310 e. The Kier molecular flexibility index (Phi) is 2.65. The van der Waals surface area contributed by atoms with Crippen molar-refractivity contribution in [2.24, 2.45) is 23.7 Å². The largest absolute Gasteiger partial charge is 0.462 e. The number of fused-ring (bicyclic) bond motifs is 1. The van der Waals surface area contributed by atoms with Crippen LogP contribution in [0.4, 0.5) is 5.69 Å². The molecule has 3 fully saturated rings. The fourth-order valence-corrected chi connectivity index (χ4v) is 4.58. The molecule has 1 saturated heterocycles. The maximum Gasteiger partial charge on any atom is 0.310 e. The SMILES string of the molecule is Cc1cccc(C)c1NC(=O)[C@@H]1[C@@H]2C[C@H]3[C@@H]1C(=O)O[C@@H]3C2. The highest BCUT2D eigenvalue weighted by atomic mass is 16.6. The van der Waals surface area contributed by atoms with Crippen LogP contribution in [-0.4, -0.2) is 18.0 Å². The number of nitrogens with one attached hydrogen (secondary N) is 1. The normalized spacial score (nSPS) is 35.9. The molecule has 0 unspecified atom stereocenters. The Morgan fingerprint density at radius 2 is 1.95 bits per heavy atom. The van der Waals surface area contributed by atoms with Gasteiger partial charge >= 0.3 is 5.97 Å². The van der Waals surface area contributed by atoms with Crippen LogP contribution in [0.1, 0.15) is 24.0 Å². The number of amides is 1. The van der Waals surface area contributed by atoms with Crippen molar-refractivity contribution in [1.29, 1.82) is 0 Å². The number of hydrogen-bond donors (Lipinski definition) is 1. The van der Waals surface area contributed by atoms with Gasteiger partial charge in [0.05, 0.1) is 11.8 Å². The van der Waals surface area contributed by atoms with Crippen LogP contribution in [0.15, 0.2) is 18.2 Å². The van der Waals surface area contributed by atoms with Crippen molar-refractivity contribution in [1.82, 2.24) is 0 Å². The number of carbonyl (C=O) groups is 2. The predicted octanol–water partition coefficient (Wildman–Crippen LogP) is 2.44. The summed E-state index contributed by atoms with van der Waals surface area (Å²) in [6, 6.07) is 5.96. The van der Waals surface area contributed by atoms with Crippen LogP contribution in [0, 0.1) is 37.5 Å². The zero-order valence-corrected chi connectivity index (χ0v) is 12.3. The summed E-state index contributed by atoms with van der Waals surface area (Å²) >= 11 is 0. The zero-order chi connectivity index (χ0) is 14.7. The van der Waals surface area contributed by atoms with E-state index in [0.29, 0.717) is 5.92 Å². The van der Waals surface area contributed by atoms with Gasteiger partial charge in [0.25, 0.3) is 0 Å². The molecule has 4 rings (SSSR count). The first-order chi connectivity index (χ1) is 10.1. The number of para-hydroxylation sites is 1. The number of anilines is 1. The molecule has 5 atom stereocenters. The molecule has 1 N–H and O–H groups in total. The number of rotatable bonds is 2. The third-order valence-electron chi connectivity index (χ3n) is 5.52. The second-order valence-corrected chi connectivity index (χ2v) is 6.68. The molecular weight excluding hydrogens is 266 g/mol. The van der Waals surface area contributed by atoms with Crippen molar-refractivity contribution >= 4 is 17.6 Å². The average molecular weight is 285 g/mol. The Balaban J connectivity index is 1.60. The molecule has 1 aromatic rings. The first kappa shape index (κ1) is 12.9. The minimum absolute atomic E-state index is 0.0119. The third kappa shape index (κ3) is 1.74. The van der Waals surface area contributed by atoms with E-state index < -0.39 is 0 Å². The van der Waals surface area contributed by atoms with Gasteiger partial charge in [-0.05, 0) is 43.7 Å². The van der Waals surface area contributed by atoms with Gasteiger partial charge in [0.1, 0.15) is 6.10 Å². The molecule has 1 aliphatic heterocycles. The quantitative estimate of drug-likeness (QED) is 0.849. The number of ether oxygens (including phenoxy) is 1. The van der Waals surface area contributed by atoms with Crippen LogP contribution in [0.25, 0.3) is 0 Å². The third-order valence-corrected chi connectivity index (χ3v) is 5.52. The number of benzene rings is 1. The van der Waals surface area contributed by atoms with Gasteiger partial charge < -0.3 is 10.1 Å². The topological polar surface area (TPSA) is 55.4 Å². The fourth-order valence-electron chi connectivity index (χ4n) is 4.58. The molecule has 2 saturated carbocycles. The summed E-state index contributed by atoms with van der Waals surface area (Å²) in [5.74, 6) is -0.0100. The predicted molar refractivity (Wildman–Crippen MR) is 77.6 cm³/mol. The Morgan fingerprint density at radius 1 is 1.24 bits per heavy atom. The minimum atomic E-state index is -0.210. The van der Waals surface area contributed by atoms with E-state index in [0.717, 1.165) is 29.7 Å². The Hall–Kier alpha value is -1.84. The van der Waals surface area contributed by atoms with Crippen molar-refractivity contribution in [3.8, 4) is 0 Å². The molecule has 2 bridgehead atoms. The van der Waals surface area contributed by atoms with Crippen LogP contribution in [0.3, 0.4) is 0 Å². The second kappa shape index (κ2) is 4.33. The highest BCUT2D eigenvalue weighted by Gasteiger charge is 2.63. The van der Waals surface area contributed by atoms with Crippen LogP contribution >= 0.6 is 0 Å². The van der Waals surface area contributed by atoms with Crippen LogP contribution < -0.4 is 5.32 Å². The van der Waals surface area contributed by atoms with Gasteiger partial charge in [-0.25, -0.2) is 0 Å². The highest BCUT2D eigenvalue weighted by Crippen LogP contribution is 2.57. The summed E-state index contributed by atoms with van der Waals surface area (Å²) in [5.41, 5.74) is 2.99. The lowest BCUT2D eigenvalue weighted by atomic mass is 9.79. The summed E-state index contributed by atoms with van der Waals surface area (Å²) < 4.78 is 5.40. The van der Waals surface area contributed by atoms with Crippen LogP contribution in [0.5, 0.6) is 0 Å². The van der Waals surface area contributed by atoms with Gasteiger partial charge in [0.2, 0.25) is 5.91 Å². The van der Waals surface area contributed by atoms with E-state index in [1.165, 1.54) is 0 Å². The van der Waals surface area contributed by atoms with Gasteiger partial charge in [0, 0.05) is 11.6 Å². The van der Waals surface area contributed by atoms with Gasteiger partial charge in [-0.15, -0.1) is 0 Å². The maximum absolute atomic E-state index is 12.7. The molecule has 0 spiro atoms. The molecule has 1 heterocycles. The maximum atomic E-state index is 12.7. The van der Waals surface area contributed by atoms with Crippen molar-refractivity contribution in [2.75, 3.05) is 5.32 Å². The van der Waals surface area contributed by atoms with Gasteiger partial charge in [-0.3, -0.25) is 9.59 Å². The lowest BCUT2D eigenvalue weighted by Gasteiger charge is -2.24. The number of esters is 1. The summed E-state index contributed by atoms with van der Waals surface area (Å²) in [4.78, 5) is 24.7. The van der Waals surface area contributed by atoms with E-state index in [-0.39, 0.29) is 35.7 Å². The van der Waals surface area contributed by atoms with Crippen molar-refractivity contribution in [3.05, 3.63) is 29.3 Å². The lowest BCUT2D eigenvalue weighted by molar-refractivity contribution is -0.145. The molecular formula is C17H19NO3. The van der Waals surface area contributed by atoms with E-state index in [9.17, 15) is 9.59 Å². The minimum Gasteiger partial charge on any atom is -0.462 e. The van der Waals surface area contributed by atoms with Gasteiger partial charge in [0.15, 0.2) is 0 Å². The number of carbonyl (C=O) groups excluding carboxylic acids is 2. The Labute approximate surface area is 123 Å². The molecule has 0 radical (unpaired) electrons. The van der Waals surface area contributed by atoms with E-state index in [4.69, 9.17) is 4.74 Å². The van der Waals surface area contributed by atoms with E-state index in [2.05, 4.69) is 5.32 Å². The Morgan fingerprint density at radius 3 is 2.67 bits per heavy atom. The molecule has 4 nitrogen and oxygen atoms in total. The Bertz CT molecular complexity index is 617. The number of aryl methyl sites for hydroxylation is 2. The molecule has 110 valence electrons. The molecule has 2 aliphatic carbocycles. The van der Waals surface area contributed by atoms with Crippen molar-refractivity contribution < 1.29 is 14.3 Å². The van der Waals surface area contributed by atoms with Crippen LogP contribution in [-0.2, 0) is 14.3 Å². The van der Waals surface area contributed by atoms with Crippen molar-refractivity contribution in [2.45, 2.75) is 32.8 Å². The summed E-state index contributed by atoms with van der Waals surface area (Å²) in [7, 11) is 0. The average Bonchev–Trinajstić information content (AvgIpc) is 3.04. The number of hydrogen-bond acceptors (Lipinski definition) is 3. The zero-order valence-electron chi connectivity index (χ0n) is 12.3. The first-order valence-electron chi connectivity index (χ1n) is 7.64. The summed E-state index contributed by atoms with van der Waals surface area (Å²) in [6.45, 7) is 3.98. The lowest BCUT2D eigenvalue weighted by Crippen LogP contribution is -2.36. The highest BCUT2D eigenvalue weighted by molar-refractivity contribution is 5.97. The van der Waals surface area contributed by atoms with Crippen molar-refractivity contribution in [3.63, 3.8) is 0 Å². The van der Waals surface area contributed by atoms with Crippen LogP contribution in [0.2, 0.25) is 0 Å². The molecule has 21 heavy (non-hydrogen) atoms. The summed E-state index contributed by atoms with van der Waals surface area (Å²) in [5, 5.41) is 3.06. The summed E-state index contributed by atoms with van der Waals surface area (Å²) in [6.07, 6.45) is 1.90. The molecule has 0 aromatic heterocycles. The van der Waals surface area contributed by atoms with E-state index >= 15 is 0 Å². The van der Waals surface area contributed by atoms with E-state index in [1.54, 1.807) is 0 Å². The molecule has 1 aromatic carbocycles. The van der Waals surface area contributed by atoms with Gasteiger partial charge in [-0.2, -0.15) is 0 Å². The molecule has 1 amide bonds. The second-order valence-electron chi connectivity index (χ2n) is 6.68. The monoisotopic (exact) mass is 285 g/mol. The fraction of sp³-hybridized carbons (Fsp3) is 0.529. The van der Waals surface area contributed by atoms with E-state index in [1.807, 2.05) is 32.0 Å².